The lowest BCUT2D eigenvalue weighted by Crippen LogP contribution is -2.37. The maximum atomic E-state index is 3.80. The van der Waals surface area contributed by atoms with Crippen molar-refractivity contribution in [3.05, 3.63) is 153 Å². The number of anilines is 1. The first-order chi connectivity index (χ1) is 17.3. The molecule has 3 aliphatic rings. The second-order valence-electron chi connectivity index (χ2n) is 9.80. The van der Waals surface area contributed by atoms with Crippen LogP contribution in [0.2, 0.25) is 0 Å². The number of para-hydroxylation sites is 1. The number of nitrogens with zero attached hydrogens (tertiary/aromatic N) is 1. The number of fused-ring (bicyclic) bond motifs is 4. The van der Waals surface area contributed by atoms with E-state index in [-0.39, 0.29) is 5.41 Å². The average Bonchev–Trinajstić information content (AvgIpc) is 3.47. The first kappa shape index (κ1) is 21.0. The molecule has 0 spiro atoms. The molecule has 0 bridgehead atoms. The summed E-state index contributed by atoms with van der Waals surface area (Å²) in [6, 6.07) is 38.1. The third-order valence-corrected chi connectivity index (χ3v) is 8.67. The summed E-state index contributed by atoms with van der Waals surface area (Å²) in [6.45, 7) is 1.06. The first-order valence-electron chi connectivity index (χ1n) is 12.4. The van der Waals surface area contributed by atoms with E-state index in [0.717, 1.165) is 23.9 Å². The molecule has 0 radical (unpaired) electrons. The van der Waals surface area contributed by atoms with Crippen LogP contribution in [0.5, 0.6) is 0 Å². The van der Waals surface area contributed by atoms with Gasteiger partial charge in [-0.1, -0.05) is 107 Å². The van der Waals surface area contributed by atoms with E-state index in [1.165, 1.54) is 44.8 Å². The molecule has 0 N–H and O–H groups in total. The van der Waals surface area contributed by atoms with E-state index in [9.17, 15) is 0 Å². The lowest BCUT2D eigenvalue weighted by atomic mass is 9.63. The third kappa shape index (κ3) is 3.06. The summed E-state index contributed by atoms with van der Waals surface area (Å²) in [7, 11) is 0. The summed E-state index contributed by atoms with van der Waals surface area (Å²) in [5.41, 5.74) is 11.0. The lowest BCUT2D eigenvalue weighted by molar-refractivity contribution is 0.470. The Labute approximate surface area is 215 Å². The van der Waals surface area contributed by atoms with Crippen LogP contribution >= 0.6 is 15.9 Å². The van der Waals surface area contributed by atoms with Gasteiger partial charge in [0.05, 0.1) is 5.41 Å². The molecule has 1 heterocycles. The zero-order valence-electron chi connectivity index (χ0n) is 19.5. The molecule has 0 aromatic heterocycles. The summed E-state index contributed by atoms with van der Waals surface area (Å²) in [5.74, 6) is 0.323. The van der Waals surface area contributed by atoms with E-state index in [1.807, 2.05) is 0 Å². The molecular weight excluding hydrogens is 490 g/mol. The van der Waals surface area contributed by atoms with Crippen LogP contribution in [0.3, 0.4) is 0 Å². The van der Waals surface area contributed by atoms with Gasteiger partial charge in [0.2, 0.25) is 0 Å². The zero-order valence-corrected chi connectivity index (χ0v) is 21.1. The topological polar surface area (TPSA) is 3.24 Å². The number of allylic oxidation sites excluding steroid dienone is 4. The molecule has 35 heavy (non-hydrogen) atoms. The van der Waals surface area contributed by atoms with Crippen molar-refractivity contribution in [2.24, 2.45) is 5.92 Å². The molecule has 0 fully saturated rings. The molecule has 0 saturated carbocycles. The molecule has 7 rings (SSSR count). The van der Waals surface area contributed by atoms with Gasteiger partial charge in [0.25, 0.3) is 0 Å². The maximum absolute atomic E-state index is 3.80. The Kier molecular flexibility index (Phi) is 4.85. The van der Waals surface area contributed by atoms with Crippen molar-refractivity contribution in [2.45, 2.75) is 18.3 Å². The highest BCUT2D eigenvalue weighted by atomic mass is 79.9. The molecule has 1 atom stereocenters. The van der Waals surface area contributed by atoms with Gasteiger partial charge in [0.15, 0.2) is 0 Å². The van der Waals surface area contributed by atoms with E-state index in [2.05, 4.69) is 136 Å². The van der Waals surface area contributed by atoms with E-state index in [4.69, 9.17) is 0 Å². The smallest absolute Gasteiger partial charge is 0.0529 e. The molecule has 1 unspecified atom stereocenters. The number of halogens is 1. The fraction of sp³-hybridized carbons (Fsp3) is 0.152. The van der Waals surface area contributed by atoms with Crippen LogP contribution in [0.4, 0.5) is 5.69 Å². The summed E-state index contributed by atoms with van der Waals surface area (Å²) < 4.78 is 1.13. The number of hydrogen-bond donors (Lipinski definition) is 0. The molecule has 1 nitrogen and oxygen atoms in total. The standard InChI is InChI=1S/C33H26BrN/c34-26-15-17-28-29-18-16-27(35-20-19-23-9-7-8-14-32(23)35)22-31(29)33(30(28)21-26,24-10-3-1-4-11-24)25-12-5-2-6-13-25/h1-18,21,31H,19-20,22H2. The van der Waals surface area contributed by atoms with Crippen molar-refractivity contribution < 1.29 is 0 Å². The van der Waals surface area contributed by atoms with Gasteiger partial charge in [-0.3, -0.25) is 0 Å². The van der Waals surface area contributed by atoms with Crippen LogP contribution in [0.1, 0.15) is 34.2 Å². The minimum absolute atomic E-state index is 0.244. The third-order valence-electron chi connectivity index (χ3n) is 8.18. The number of benzene rings is 4. The fourth-order valence-electron chi connectivity index (χ4n) is 6.75. The van der Waals surface area contributed by atoms with Crippen LogP contribution in [0, 0.1) is 5.92 Å². The molecule has 0 saturated heterocycles. The second kappa shape index (κ2) is 8.10. The van der Waals surface area contributed by atoms with Gasteiger partial charge in [-0.25, -0.2) is 0 Å². The van der Waals surface area contributed by atoms with Gasteiger partial charge in [0, 0.05) is 28.3 Å². The Morgan fingerprint density at radius 1 is 0.743 bits per heavy atom. The molecule has 2 heteroatoms. The quantitative estimate of drug-likeness (QED) is 0.266. The highest BCUT2D eigenvalue weighted by Gasteiger charge is 2.52. The van der Waals surface area contributed by atoms with Crippen molar-refractivity contribution in [2.75, 3.05) is 11.4 Å². The SMILES string of the molecule is Brc1ccc2c(c1)C(c1ccccc1)(c1ccccc1)C1CC(N3CCc4ccccc43)=CC=C21. The molecule has 170 valence electrons. The van der Waals surface area contributed by atoms with Gasteiger partial charge in [-0.05, 0) is 70.5 Å². The Balaban J connectivity index is 1.47. The van der Waals surface area contributed by atoms with Crippen molar-refractivity contribution in [1.82, 2.24) is 0 Å². The molecule has 0 amide bonds. The zero-order chi connectivity index (χ0) is 23.4. The number of rotatable bonds is 3. The van der Waals surface area contributed by atoms with Crippen molar-refractivity contribution in [1.29, 1.82) is 0 Å². The highest BCUT2D eigenvalue weighted by molar-refractivity contribution is 9.10. The highest BCUT2D eigenvalue weighted by Crippen LogP contribution is 2.60. The summed E-state index contributed by atoms with van der Waals surface area (Å²) in [5, 5.41) is 0. The van der Waals surface area contributed by atoms with E-state index >= 15 is 0 Å². The molecular formula is C33H26BrN. The Morgan fingerprint density at radius 2 is 1.43 bits per heavy atom. The minimum Gasteiger partial charge on any atom is -0.345 e. The van der Waals surface area contributed by atoms with Gasteiger partial charge < -0.3 is 4.90 Å². The summed E-state index contributed by atoms with van der Waals surface area (Å²) in [6.07, 6.45) is 6.91. The van der Waals surface area contributed by atoms with Crippen LogP contribution in [0.15, 0.2) is 125 Å². The van der Waals surface area contributed by atoms with E-state index < -0.39 is 0 Å². The van der Waals surface area contributed by atoms with Crippen LogP contribution in [-0.2, 0) is 11.8 Å². The lowest BCUT2D eigenvalue weighted by Gasteiger charge is -2.41. The van der Waals surface area contributed by atoms with Crippen molar-refractivity contribution in [3.63, 3.8) is 0 Å². The molecule has 2 aliphatic carbocycles. The normalized spacial score (nSPS) is 19.5. The van der Waals surface area contributed by atoms with Gasteiger partial charge in [-0.15, -0.1) is 0 Å². The first-order valence-corrected chi connectivity index (χ1v) is 13.2. The van der Waals surface area contributed by atoms with Crippen molar-refractivity contribution in [3.8, 4) is 0 Å². The minimum atomic E-state index is -0.244. The summed E-state index contributed by atoms with van der Waals surface area (Å²) in [4.78, 5) is 2.56. The van der Waals surface area contributed by atoms with Crippen LogP contribution in [0.25, 0.3) is 5.57 Å². The van der Waals surface area contributed by atoms with Gasteiger partial charge in [-0.2, -0.15) is 0 Å². The predicted octanol–water partition coefficient (Wildman–Crippen LogP) is 8.15. The largest absolute Gasteiger partial charge is 0.345 e. The maximum Gasteiger partial charge on any atom is 0.0529 e. The number of hydrogen-bond acceptors (Lipinski definition) is 1. The summed E-state index contributed by atoms with van der Waals surface area (Å²) >= 11 is 3.80. The van der Waals surface area contributed by atoms with E-state index in [0.29, 0.717) is 5.92 Å². The van der Waals surface area contributed by atoms with Crippen molar-refractivity contribution >= 4 is 27.2 Å². The van der Waals surface area contributed by atoms with E-state index in [1.54, 1.807) is 0 Å². The molecule has 4 aromatic rings. The Bertz CT molecular complexity index is 1440. The van der Waals surface area contributed by atoms with Gasteiger partial charge in [0.1, 0.15) is 0 Å². The Morgan fingerprint density at radius 3 is 2.17 bits per heavy atom. The fourth-order valence-corrected chi connectivity index (χ4v) is 7.12. The molecule has 1 aliphatic heterocycles. The van der Waals surface area contributed by atoms with Crippen LogP contribution in [-0.4, -0.2) is 6.54 Å². The average molecular weight is 516 g/mol. The predicted molar refractivity (Wildman–Crippen MR) is 149 cm³/mol. The Hall–Kier alpha value is -3.36. The molecule has 4 aromatic carbocycles. The van der Waals surface area contributed by atoms with Gasteiger partial charge >= 0.3 is 0 Å². The van der Waals surface area contributed by atoms with Crippen LogP contribution < -0.4 is 4.90 Å². The monoisotopic (exact) mass is 515 g/mol. The second-order valence-corrected chi connectivity index (χ2v) is 10.7.